The van der Waals surface area contributed by atoms with Gasteiger partial charge >= 0.3 is 17.9 Å². The minimum atomic E-state index is -1.24. The fourth-order valence-electron chi connectivity index (χ4n) is 2.56. The molecule has 13 heteroatoms. The van der Waals surface area contributed by atoms with Gasteiger partial charge in [-0.3, -0.25) is 19.2 Å². The van der Waals surface area contributed by atoms with Crippen LogP contribution in [-0.2, 0) is 30.4 Å². The Hall–Kier alpha value is -3.32. The summed E-state index contributed by atoms with van der Waals surface area (Å²) in [5, 5.41) is 34.1. The van der Waals surface area contributed by atoms with Crippen molar-refractivity contribution in [2.24, 2.45) is 5.73 Å². The van der Waals surface area contributed by atoms with Crippen LogP contribution in [0.2, 0.25) is 0 Å². The van der Waals surface area contributed by atoms with Crippen molar-refractivity contribution >= 4 is 48.0 Å². The molecule has 0 saturated carbocycles. The Kier molecular flexibility index (Phi) is 11.0. The molecule has 0 aromatic heterocycles. The topological polar surface area (TPSA) is 208 Å². The van der Waals surface area contributed by atoms with Gasteiger partial charge in [-0.2, -0.15) is 12.6 Å². The quantitative estimate of drug-likeness (QED) is 0.154. The van der Waals surface area contributed by atoms with Gasteiger partial charge in [-0.1, -0.05) is 12.1 Å². The third kappa shape index (κ3) is 9.66. The van der Waals surface area contributed by atoms with E-state index in [1.807, 2.05) is 0 Å². The minimum absolute atomic E-state index is 0.0737. The second kappa shape index (κ2) is 13.2. The molecule has 176 valence electrons. The number of carbonyl (C=O) groups is 5. The number of hydrogen-bond acceptors (Lipinski definition) is 8. The first-order valence-corrected chi connectivity index (χ1v) is 10.1. The number of rotatable bonds is 14. The molecular weight excluding hydrogens is 444 g/mol. The van der Waals surface area contributed by atoms with Crippen molar-refractivity contribution in [3.8, 4) is 0 Å². The van der Waals surface area contributed by atoms with Crippen molar-refractivity contribution in [3.63, 3.8) is 0 Å². The van der Waals surface area contributed by atoms with Gasteiger partial charge in [0.05, 0.1) is 0 Å². The van der Waals surface area contributed by atoms with E-state index < -0.39 is 54.4 Å². The number of carbonyl (C=O) groups excluding carboxylic acids is 2. The molecule has 0 spiro atoms. The van der Waals surface area contributed by atoms with Crippen LogP contribution in [0.1, 0.15) is 18.4 Å². The number of thiol groups is 1. The lowest BCUT2D eigenvalue weighted by atomic mass is 10.1. The lowest BCUT2D eigenvalue weighted by Crippen LogP contribution is -2.49. The Morgan fingerprint density at radius 2 is 1.59 bits per heavy atom. The van der Waals surface area contributed by atoms with Gasteiger partial charge < -0.3 is 37.0 Å². The summed E-state index contributed by atoms with van der Waals surface area (Å²) < 4.78 is 0. The molecule has 1 aromatic carbocycles. The summed E-state index contributed by atoms with van der Waals surface area (Å²) in [6.45, 7) is -0.606. The molecule has 0 heterocycles. The first-order chi connectivity index (χ1) is 15.0. The number of carboxylic acids is 3. The highest BCUT2D eigenvalue weighted by atomic mass is 32.1. The van der Waals surface area contributed by atoms with Crippen molar-refractivity contribution in [3.05, 3.63) is 29.8 Å². The van der Waals surface area contributed by atoms with E-state index in [2.05, 4.69) is 28.6 Å². The largest absolute Gasteiger partial charge is 0.480 e. The molecule has 3 unspecified atom stereocenters. The molecule has 0 fully saturated rings. The molecule has 0 aliphatic rings. The number of amides is 2. The van der Waals surface area contributed by atoms with Gasteiger partial charge in [-0.25, -0.2) is 4.79 Å². The van der Waals surface area contributed by atoms with E-state index in [0.717, 1.165) is 0 Å². The molecular formula is C19H26N4O8S. The SMILES string of the molecule is NC(Cc1ccc(NC(CCC(=O)NC(CS)C(=O)NCC(=O)O)C(=O)O)cc1)C(=O)O. The summed E-state index contributed by atoms with van der Waals surface area (Å²) in [6.07, 6.45) is -0.195. The second-order valence-corrected chi connectivity index (χ2v) is 7.20. The molecule has 0 radical (unpaired) electrons. The van der Waals surface area contributed by atoms with Gasteiger partial charge in [0, 0.05) is 17.9 Å². The van der Waals surface area contributed by atoms with E-state index in [-0.39, 0.29) is 25.0 Å². The summed E-state index contributed by atoms with van der Waals surface area (Å²) in [7, 11) is 0. The van der Waals surface area contributed by atoms with Crippen molar-refractivity contribution in [2.45, 2.75) is 37.4 Å². The maximum atomic E-state index is 12.1. The molecule has 0 saturated heterocycles. The average molecular weight is 471 g/mol. The third-order valence-electron chi connectivity index (χ3n) is 4.27. The smallest absolute Gasteiger partial charge is 0.326 e. The van der Waals surface area contributed by atoms with Crippen molar-refractivity contribution < 1.29 is 39.3 Å². The molecule has 32 heavy (non-hydrogen) atoms. The number of benzene rings is 1. The number of nitrogens with one attached hydrogen (secondary N) is 3. The van der Waals surface area contributed by atoms with Gasteiger partial charge in [0.15, 0.2) is 0 Å². The fourth-order valence-corrected chi connectivity index (χ4v) is 2.82. The van der Waals surface area contributed by atoms with Crippen LogP contribution in [0, 0.1) is 0 Å². The summed E-state index contributed by atoms with van der Waals surface area (Å²) in [5.74, 6) is -4.95. The van der Waals surface area contributed by atoms with Crippen LogP contribution in [0.25, 0.3) is 0 Å². The Labute approximate surface area is 189 Å². The third-order valence-corrected chi connectivity index (χ3v) is 4.64. The lowest BCUT2D eigenvalue weighted by Gasteiger charge is -2.18. The van der Waals surface area contributed by atoms with Crippen LogP contribution in [0.5, 0.6) is 0 Å². The normalized spacial score (nSPS) is 13.3. The summed E-state index contributed by atoms with van der Waals surface area (Å²) >= 11 is 3.95. The zero-order valence-corrected chi connectivity index (χ0v) is 17.9. The number of hydrogen-bond donors (Lipinski definition) is 8. The van der Waals surface area contributed by atoms with E-state index in [4.69, 9.17) is 15.9 Å². The van der Waals surface area contributed by atoms with E-state index in [0.29, 0.717) is 11.3 Å². The summed E-state index contributed by atoms with van der Waals surface area (Å²) in [6, 6.07) is 3.15. The maximum Gasteiger partial charge on any atom is 0.326 e. The van der Waals surface area contributed by atoms with E-state index >= 15 is 0 Å². The zero-order valence-electron chi connectivity index (χ0n) is 17.0. The Balaban J connectivity index is 2.61. The van der Waals surface area contributed by atoms with Crippen LogP contribution in [0.4, 0.5) is 5.69 Å². The molecule has 1 rings (SSSR count). The standard InChI is InChI=1S/C19H26N4O8S/c20-12(18(28)29)7-10-1-3-11(4-2-10)22-13(19(30)31)5-6-15(24)23-14(9-32)17(27)21-8-16(25)26/h1-4,12-14,22,32H,5-9,20H2,(H,21,27)(H,23,24)(H,25,26)(H,28,29)(H,30,31). The lowest BCUT2D eigenvalue weighted by molar-refractivity contribution is -0.139. The Morgan fingerprint density at radius 3 is 2.09 bits per heavy atom. The van der Waals surface area contributed by atoms with Crippen LogP contribution in [-0.4, -0.2) is 75.5 Å². The first-order valence-electron chi connectivity index (χ1n) is 9.49. The number of carboxylic acid groups (broad SMARTS) is 3. The molecule has 0 aliphatic heterocycles. The molecule has 0 aliphatic carbocycles. The van der Waals surface area contributed by atoms with Crippen LogP contribution in [0.3, 0.4) is 0 Å². The van der Waals surface area contributed by atoms with Crippen LogP contribution >= 0.6 is 12.6 Å². The highest BCUT2D eigenvalue weighted by Crippen LogP contribution is 2.14. The van der Waals surface area contributed by atoms with Crippen molar-refractivity contribution in [1.29, 1.82) is 0 Å². The van der Waals surface area contributed by atoms with Crippen molar-refractivity contribution in [2.75, 3.05) is 17.6 Å². The minimum Gasteiger partial charge on any atom is -0.480 e. The highest BCUT2D eigenvalue weighted by molar-refractivity contribution is 7.80. The molecule has 8 N–H and O–H groups in total. The average Bonchev–Trinajstić information content (AvgIpc) is 2.73. The monoisotopic (exact) mass is 470 g/mol. The summed E-state index contributed by atoms with van der Waals surface area (Å²) in [4.78, 5) is 56.8. The molecule has 12 nitrogen and oxygen atoms in total. The van der Waals surface area contributed by atoms with Crippen molar-refractivity contribution in [1.82, 2.24) is 10.6 Å². The van der Waals surface area contributed by atoms with Gasteiger partial charge in [0.25, 0.3) is 0 Å². The number of nitrogens with two attached hydrogens (primary N) is 1. The fraction of sp³-hybridized carbons (Fsp3) is 0.421. The summed E-state index contributed by atoms with van der Waals surface area (Å²) in [5.41, 5.74) is 6.59. The second-order valence-electron chi connectivity index (χ2n) is 6.83. The molecule has 3 atom stereocenters. The van der Waals surface area contributed by atoms with Crippen LogP contribution < -0.4 is 21.7 Å². The number of aliphatic carboxylic acids is 3. The van der Waals surface area contributed by atoms with Gasteiger partial charge in [-0.05, 0) is 30.5 Å². The zero-order chi connectivity index (χ0) is 24.3. The Morgan fingerprint density at radius 1 is 0.969 bits per heavy atom. The van der Waals surface area contributed by atoms with E-state index in [1.165, 1.54) is 0 Å². The Bertz CT molecular complexity index is 833. The van der Waals surface area contributed by atoms with Gasteiger partial charge in [-0.15, -0.1) is 0 Å². The van der Waals surface area contributed by atoms with Gasteiger partial charge in [0.1, 0.15) is 24.7 Å². The molecule has 2 amide bonds. The maximum absolute atomic E-state index is 12.1. The van der Waals surface area contributed by atoms with Crippen LogP contribution in [0.15, 0.2) is 24.3 Å². The van der Waals surface area contributed by atoms with E-state index in [9.17, 15) is 29.1 Å². The van der Waals surface area contributed by atoms with E-state index in [1.54, 1.807) is 24.3 Å². The molecule has 1 aromatic rings. The predicted molar refractivity (Wildman–Crippen MR) is 116 cm³/mol. The number of anilines is 1. The predicted octanol–water partition coefficient (Wildman–Crippen LogP) is -1.10. The first kappa shape index (κ1) is 26.7. The molecule has 0 bridgehead atoms. The highest BCUT2D eigenvalue weighted by Gasteiger charge is 2.23. The van der Waals surface area contributed by atoms with Gasteiger partial charge in [0.2, 0.25) is 11.8 Å².